The molecule has 2 heteroatoms. The van der Waals surface area contributed by atoms with Crippen LogP contribution in [0.5, 0.6) is 0 Å². The molecule has 0 N–H and O–H groups in total. The monoisotopic (exact) mass is 270 g/mol. The summed E-state index contributed by atoms with van der Waals surface area (Å²) in [5.41, 5.74) is 0. The van der Waals surface area contributed by atoms with Crippen LogP contribution in [0.2, 0.25) is 0 Å². The fraction of sp³-hybridized carbons (Fsp3) is 1.00. The molecule has 0 amide bonds. The van der Waals surface area contributed by atoms with Gasteiger partial charge >= 0.3 is 0 Å². The van der Waals surface area contributed by atoms with Crippen molar-refractivity contribution in [3.05, 3.63) is 0 Å². The van der Waals surface area contributed by atoms with E-state index in [1.165, 1.54) is 12.2 Å². The molecule has 0 bridgehead atoms. The summed E-state index contributed by atoms with van der Waals surface area (Å²) >= 11 is 4.66. The lowest BCUT2D eigenvalue weighted by molar-refractivity contribution is 0.797. The van der Waals surface area contributed by atoms with Crippen molar-refractivity contribution in [2.24, 2.45) is 5.92 Å². The van der Waals surface area contributed by atoms with Gasteiger partial charge in [0.1, 0.15) is 0 Å². The fourth-order valence-electron chi connectivity index (χ4n) is 0.740. The number of thioether (sulfide) groups is 1. The van der Waals surface area contributed by atoms with Gasteiger partial charge in [0.05, 0.1) is 0 Å². The van der Waals surface area contributed by atoms with Gasteiger partial charge in [0.25, 0.3) is 0 Å². The summed E-state index contributed by atoms with van der Waals surface area (Å²) in [6, 6.07) is 0. The Kier molecular flexibility index (Phi) is 2.95. The Hall–Kier alpha value is 1.08. The lowest BCUT2D eigenvalue weighted by Crippen LogP contribution is -2.09. The molecule has 0 aromatic heterocycles. The van der Waals surface area contributed by atoms with E-state index >= 15 is 0 Å². The summed E-state index contributed by atoms with van der Waals surface area (Å²) in [6.45, 7) is 6.88. The predicted molar refractivity (Wildman–Crippen MR) is 58.1 cm³/mol. The summed E-state index contributed by atoms with van der Waals surface area (Å²) in [6.07, 6.45) is 1.46. The Morgan fingerprint density at radius 3 is 2.30 bits per heavy atom. The first-order chi connectivity index (χ1) is 4.49. The van der Waals surface area contributed by atoms with Crippen molar-refractivity contribution in [3.63, 3.8) is 0 Å². The van der Waals surface area contributed by atoms with Crippen molar-refractivity contribution < 1.29 is 0 Å². The minimum absolute atomic E-state index is 0.471. The molecule has 1 fully saturated rings. The first-order valence-electron chi connectivity index (χ1n) is 3.77. The molecule has 60 valence electrons. The van der Waals surface area contributed by atoms with Crippen LogP contribution in [0.15, 0.2) is 0 Å². The topological polar surface area (TPSA) is 0 Å². The summed E-state index contributed by atoms with van der Waals surface area (Å²) in [5.74, 6) is 2.40. The third kappa shape index (κ3) is 3.46. The van der Waals surface area contributed by atoms with Crippen LogP contribution >= 0.6 is 34.4 Å². The van der Waals surface area contributed by atoms with Crippen molar-refractivity contribution in [1.82, 2.24) is 0 Å². The number of hydrogen-bond acceptors (Lipinski definition) is 1. The van der Waals surface area contributed by atoms with Gasteiger partial charge in [-0.3, -0.25) is 0 Å². The van der Waals surface area contributed by atoms with Gasteiger partial charge in [0, 0.05) is 8.67 Å². The maximum absolute atomic E-state index is 2.55. The van der Waals surface area contributed by atoms with Gasteiger partial charge in [0.15, 0.2) is 0 Å². The molecule has 10 heavy (non-hydrogen) atoms. The molecule has 0 spiro atoms. The largest absolute Gasteiger partial charge is 0.156 e. The first-order valence-corrected chi connectivity index (χ1v) is 6.00. The molecule has 1 aliphatic rings. The minimum atomic E-state index is 0.471. The van der Waals surface area contributed by atoms with E-state index < -0.39 is 0 Å². The molecule has 0 saturated heterocycles. The highest BCUT2D eigenvalue weighted by Crippen LogP contribution is 2.42. The molecule has 0 aliphatic heterocycles. The minimum Gasteiger partial charge on any atom is -0.156 e. The van der Waals surface area contributed by atoms with Crippen LogP contribution in [0.3, 0.4) is 0 Å². The van der Waals surface area contributed by atoms with Gasteiger partial charge in [-0.05, 0) is 18.1 Å². The standard InChI is InChI=1S/C8H15IS/c1-8(2,3)10-5-6-4-7(6)9/h6-7H,4-5H2,1-3H3/t6-,7-/m1/s1. The maximum Gasteiger partial charge on any atom is 0.0149 e. The van der Waals surface area contributed by atoms with E-state index in [-0.39, 0.29) is 0 Å². The first kappa shape index (κ1) is 9.17. The quantitative estimate of drug-likeness (QED) is 0.548. The van der Waals surface area contributed by atoms with Gasteiger partial charge in [0.2, 0.25) is 0 Å². The molecule has 0 radical (unpaired) electrons. The zero-order valence-corrected chi connectivity index (χ0v) is 9.83. The Labute approximate surface area is 81.7 Å². The zero-order valence-electron chi connectivity index (χ0n) is 6.86. The van der Waals surface area contributed by atoms with Crippen molar-refractivity contribution in [2.75, 3.05) is 5.75 Å². The van der Waals surface area contributed by atoms with Crippen LogP contribution in [0.1, 0.15) is 27.2 Å². The molecule has 1 saturated carbocycles. The number of rotatable bonds is 2. The highest BCUT2D eigenvalue weighted by atomic mass is 127. The highest BCUT2D eigenvalue weighted by Gasteiger charge is 2.34. The third-order valence-electron chi connectivity index (χ3n) is 1.57. The molecular formula is C8H15IS. The summed E-state index contributed by atoms with van der Waals surface area (Å²) < 4.78 is 1.46. The van der Waals surface area contributed by atoms with Gasteiger partial charge in [-0.2, -0.15) is 11.8 Å². The second-order valence-electron chi connectivity index (χ2n) is 3.94. The molecule has 0 aromatic rings. The molecule has 0 unspecified atom stereocenters. The van der Waals surface area contributed by atoms with Crippen LogP contribution in [-0.4, -0.2) is 14.4 Å². The average molecular weight is 270 g/mol. The maximum atomic E-state index is 2.55. The average Bonchev–Trinajstić information content (AvgIpc) is 2.40. The van der Waals surface area contributed by atoms with Gasteiger partial charge in [-0.25, -0.2) is 0 Å². The van der Waals surface area contributed by atoms with E-state index in [4.69, 9.17) is 0 Å². The van der Waals surface area contributed by atoms with Crippen LogP contribution < -0.4 is 0 Å². The Morgan fingerprint density at radius 2 is 2.00 bits per heavy atom. The normalized spacial score (nSPS) is 32.4. The van der Waals surface area contributed by atoms with Gasteiger partial charge < -0.3 is 0 Å². The Bertz CT molecular complexity index is 117. The second kappa shape index (κ2) is 3.21. The van der Waals surface area contributed by atoms with Crippen LogP contribution in [-0.2, 0) is 0 Å². The molecule has 0 aromatic carbocycles. The molecule has 2 atom stereocenters. The van der Waals surface area contributed by atoms with E-state index in [0.29, 0.717) is 4.75 Å². The van der Waals surface area contributed by atoms with E-state index in [0.717, 1.165) is 9.84 Å². The lowest BCUT2D eigenvalue weighted by Gasteiger charge is -2.16. The molecule has 1 rings (SSSR count). The number of hydrogen-bond donors (Lipinski definition) is 0. The van der Waals surface area contributed by atoms with Crippen molar-refractivity contribution in [3.8, 4) is 0 Å². The SMILES string of the molecule is CC(C)(C)SC[C@H]1C[C@H]1I. The zero-order chi connectivity index (χ0) is 7.78. The lowest BCUT2D eigenvalue weighted by atomic mass is 10.3. The third-order valence-corrected chi connectivity index (χ3v) is 4.55. The van der Waals surface area contributed by atoms with E-state index in [9.17, 15) is 0 Å². The van der Waals surface area contributed by atoms with Crippen LogP contribution in [0, 0.1) is 5.92 Å². The second-order valence-corrected chi connectivity index (χ2v) is 7.38. The fourth-order valence-corrected chi connectivity index (χ4v) is 3.08. The van der Waals surface area contributed by atoms with E-state index in [2.05, 4.69) is 55.1 Å². The molecule has 0 heterocycles. The predicted octanol–water partition coefficient (Wildman–Crippen LogP) is 3.34. The van der Waals surface area contributed by atoms with Gasteiger partial charge in [-0.1, -0.05) is 43.4 Å². The van der Waals surface area contributed by atoms with E-state index in [1.54, 1.807) is 0 Å². The van der Waals surface area contributed by atoms with Crippen molar-refractivity contribution in [1.29, 1.82) is 0 Å². The van der Waals surface area contributed by atoms with Crippen LogP contribution in [0.25, 0.3) is 0 Å². The van der Waals surface area contributed by atoms with Gasteiger partial charge in [-0.15, -0.1) is 0 Å². The van der Waals surface area contributed by atoms with Crippen LogP contribution in [0.4, 0.5) is 0 Å². The summed E-state index contributed by atoms with van der Waals surface area (Å²) in [5, 5.41) is 0. The summed E-state index contributed by atoms with van der Waals surface area (Å²) in [7, 11) is 0. The van der Waals surface area contributed by atoms with Crippen molar-refractivity contribution >= 4 is 34.4 Å². The molecule has 1 aliphatic carbocycles. The highest BCUT2D eigenvalue weighted by molar-refractivity contribution is 14.1. The number of alkyl halides is 1. The molecule has 0 nitrogen and oxygen atoms in total. The Morgan fingerprint density at radius 1 is 1.50 bits per heavy atom. The number of halogens is 1. The summed E-state index contributed by atoms with van der Waals surface area (Å²) in [4.78, 5) is 0. The molecular weight excluding hydrogens is 255 g/mol. The van der Waals surface area contributed by atoms with Crippen molar-refractivity contribution in [2.45, 2.75) is 35.9 Å². The Balaban J connectivity index is 2.06. The van der Waals surface area contributed by atoms with E-state index in [1.807, 2.05) is 0 Å². The smallest absolute Gasteiger partial charge is 0.0149 e.